The smallest absolute Gasteiger partial charge is 0.157 e. The molecule has 0 spiro atoms. The molecule has 0 saturated carbocycles. The van der Waals surface area contributed by atoms with Crippen LogP contribution in [0, 0.1) is 5.41 Å². The molecule has 2 heterocycles. The molecule has 2 aliphatic rings. The topological polar surface area (TPSA) is 36.9 Å². The molecule has 0 aliphatic carbocycles. The van der Waals surface area contributed by atoms with E-state index in [4.69, 9.17) is 18.9 Å². The van der Waals surface area contributed by atoms with Crippen LogP contribution in [0.2, 0.25) is 0 Å². The van der Waals surface area contributed by atoms with Gasteiger partial charge in [0.15, 0.2) is 6.29 Å². The quantitative estimate of drug-likeness (QED) is 0.622. The molecule has 94 valence electrons. The van der Waals surface area contributed by atoms with Gasteiger partial charge < -0.3 is 18.9 Å². The Morgan fingerprint density at radius 2 is 1.94 bits per heavy atom. The van der Waals surface area contributed by atoms with Crippen molar-refractivity contribution in [3.05, 3.63) is 0 Å². The maximum atomic E-state index is 5.64. The largest absolute Gasteiger partial charge is 0.381 e. The minimum atomic E-state index is 0.0394. The van der Waals surface area contributed by atoms with Crippen molar-refractivity contribution in [3.63, 3.8) is 0 Å². The van der Waals surface area contributed by atoms with Crippen LogP contribution in [-0.4, -0.2) is 45.9 Å². The predicted molar refractivity (Wildman–Crippen MR) is 59.3 cm³/mol. The minimum Gasteiger partial charge on any atom is -0.381 e. The monoisotopic (exact) mass is 230 g/mol. The zero-order valence-corrected chi connectivity index (χ0v) is 10.1. The van der Waals surface area contributed by atoms with Crippen LogP contribution in [-0.2, 0) is 18.9 Å². The molecule has 0 amide bonds. The van der Waals surface area contributed by atoms with Crippen molar-refractivity contribution in [1.29, 1.82) is 0 Å². The van der Waals surface area contributed by atoms with Crippen molar-refractivity contribution >= 4 is 0 Å². The second kappa shape index (κ2) is 5.96. The molecule has 2 saturated heterocycles. The molecule has 0 aromatic heterocycles. The van der Waals surface area contributed by atoms with Gasteiger partial charge in [-0.3, -0.25) is 0 Å². The van der Waals surface area contributed by atoms with E-state index in [0.717, 1.165) is 58.9 Å². The van der Waals surface area contributed by atoms with Gasteiger partial charge in [0.2, 0.25) is 0 Å². The molecular weight excluding hydrogens is 208 g/mol. The standard InChI is InChI=1S/C12H22O4/c1-12(9-14-10-12)8-13-5-3-2-4-11-15-6-7-16-11/h11H,2-10H2,1H3. The molecule has 2 fully saturated rings. The lowest BCUT2D eigenvalue weighted by atomic mass is 9.90. The van der Waals surface area contributed by atoms with Crippen molar-refractivity contribution in [2.75, 3.05) is 39.6 Å². The van der Waals surface area contributed by atoms with E-state index >= 15 is 0 Å². The fourth-order valence-corrected chi connectivity index (χ4v) is 1.94. The molecule has 0 unspecified atom stereocenters. The molecule has 0 aromatic carbocycles. The number of unbranched alkanes of at least 4 members (excludes halogenated alkanes) is 1. The third-order valence-corrected chi connectivity index (χ3v) is 3.02. The third kappa shape index (κ3) is 3.70. The molecular formula is C12H22O4. The Morgan fingerprint density at radius 1 is 1.19 bits per heavy atom. The Labute approximate surface area is 97.2 Å². The molecule has 2 aliphatic heterocycles. The summed E-state index contributed by atoms with van der Waals surface area (Å²) in [7, 11) is 0. The molecule has 0 N–H and O–H groups in total. The summed E-state index contributed by atoms with van der Waals surface area (Å²) in [5.41, 5.74) is 0.275. The SMILES string of the molecule is CC1(COCCCCC2OCCO2)COC1. The van der Waals surface area contributed by atoms with Crippen LogP contribution >= 0.6 is 0 Å². The Hall–Kier alpha value is -0.160. The summed E-state index contributed by atoms with van der Waals surface area (Å²) < 4.78 is 21.5. The number of hydrogen-bond acceptors (Lipinski definition) is 4. The predicted octanol–water partition coefficient (Wildman–Crippen LogP) is 1.58. The zero-order chi connectivity index (χ0) is 11.3. The van der Waals surface area contributed by atoms with Gasteiger partial charge in [0.1, 0.15) is 0 Å². The van der Waals surface area contributed by atoms with Crippen molar-refractivity contribution in [3.8, 4) is 0 Å². The normalized spacial score (nSPS) is 24.6. The highest BCUT2D eigenvalue weighted by molar-refractivity contribution is 4.79. The Kier molecular flexibility index (Phi) is 4.58. The first-order valence-electron chi connectivity index (χ1n) is 6.17. The molecule has 4 nitrogen and oxygen atoms in total. The van der Waals surface area contributed by atoms with Crippen LogP contribution < -0.4 is 0 Å². The van der Waals surface area contributed by atoms with Crippen LogP contribution in [0.25, 0.3) is 0 Å². The Morgan fingerprint density at radius 3 is 2.56 bits per heavy atom. The highest BCUT2D eigenvalue weighted by Crippen LogP contribution is 2.26. The minimum absolute atomic E-state index is 0.0394. The van der Waals surface area contributed by atoms with Gasteiger partial charge in [-0.05, 0) is 19.3 Å². The molecule has 0 radical (unpaired) electrons. The van der Waals surface area contributed by atoms with Crippen LogP contribution in [0.5, 0.6) is 0 Å². The Balaban J connectivity index is 1.40. The van der Waals surface area contributed by atoms with Crippen molar-refractivity contribution in [2.45, 2.75) is 32.5 Å². The lowest BCUT2D eigenvalue weighted by Gasteiger charge is -2.37. The van der Waals surface area contributed by atoms with Crippen LogP contribution in [0.15, 0.2) is 0 Å². The van der Waals surface area contributed by atoms with Gasteiger partial charge in [-0.25, -0.2) is 0 Å². The number of hydrogen-bond donors (Lipinski definition) is 0. The van der Waals surface area contributed by atoms with Gasteiger partial charge in [0.25, 0.3) is 0 Å². The van der Waals surface area contributed by atoms with Crippen molar-refractivity contribution in [1.82, 2.24) is 0 Å². The van der Waals surface area contributed by atoms with Gasteiger partial charge in [0.05, 0.1) is 33.0 Å². The summed E-state index contributed by atoms with van der Waals surface area (Å²) in [6.45, 7) is 7.05. The maximum absolute atomic E-state index is 5.64. The van der Waals surface area contributed by atoms with Gasteiger partial charge in [-0.2, -0.15) is 0 Å². The van der Waals surface area contributed by atoms with Crippen molar-refractivity contribution in [2.24, 2.45) is 5.41 Å². The Bertz CT molecular complexity index is 197. The van der Waals surface area contributed by atoms with Crippen LogP contribution in [0.3, 0.4) is 0 Å². The second-order valence-corrected chi connectivity index (χ2v) is 5.02. The van der Waals surface area contributed by atoms with Crippen LogP contribution in [0.1, 0.15) is 26.2 Å². The van der Waals surface area contributed by atoms with Crippen molar-refractivity contribution < 1.29 is 18.9 Å². The summed E-state index contributed by atoms with van der Waals surface area (Å²) in [5, 5.41) is 0. The zero-order valence-electron chi connectivity index (χ0n) is 10.1. The fourth-order valence-electron chi connectivity index (χ4n) is 1.94. The van der Waals surface area contributed by atoms with Crippen LogP contribution in [0.4, 0.5) is 0 Å². The molecule has 0 bridgehead atoms. The summed E-state index contributed by atoms with van der Waals surface area (Å²) in [4.78, 5) is 0. The molecule has 2 rings (SSSR count). The lowest BCUT2D eigenvalue weighted by molar-refractivity contribution is -0.138. The van der Waals surface area contributed by atoms with Gasteiger partial charge in [-0.15, -0.1) is 0 Å². The number of rotatable bonds is 7. The first-order valence-corrected chi connectivity index (χ1v) is 6.17. The van der Waals surface area contributed by atoms with Gasteiger partial charge in [-0.1, -0.05) is 6.92 Å². The van der Waals surface area contributed by atoms with E-state index in [1.54, 1.807) is 0 Å². The van der Waals surface area contributed by atoms with E-state index < -0.39 is 0 Å². The van der Waals surface area contributed by atoms with Gasteiger partial charge in [0, 0.05) is 12.0 Å². The third-order valence-electron chi connectivity index (χ3n) is 3.02. The van der Waals surface area contributed by atoms with E-state index in [1.807, 2.05) is 0 Å². The average molecular weight is 230 g/mol. The highest BCUT2D eigenvalue weighted by atomic mass is 16.7. The first kappa shape index (κ1) is 12.3. The average Bonchev–Trinajstić information content (AvgIpc) is 2.73. The maximum Gasteiger partial charge on any atom is 0.157 e. The summed E-state index contributed by atoms with van der Waals surface area (Å²) in [6, 6.07) is 0. The van der Waals surface area contributed by atoms with E-state index in [0.29, 0.717) is 0 Å². The van der Waals surface area contributed by atoms with E-state index in [-0.39, 0.29) is 11.7 Å². The number of ether oxygens (including phenoxy) is 4. The molecule has 4 heteroatoms. The highest BCUT2D eigenvalue weighted by Gasteiger charge is 2.33. The fraction of sp³-hybridized carbons (Fsp3) is 1.00. The summed E-state index contributed by atoms with van der Waals surface area (Å²) >= 11 is 0. The summed E-state index contributed by atoms with van der Waals surface area (Å²) in [6.07, 6.45) is 3.22. The van der Waals surface area contributed by atoms with Gasteiger partial charge >= 0.3 is 0 Å². The van der Waals surface area contributed by atoms with E-state index in [2.05, 4.69) is 6.92 Å². The first-order chi connectivity index (χ1) is 7.79. The lowest BCUT2D eigenvalue weighted by Crippen LogP contribution is -2.43. The van der Waals surface area contributed by atoms with E-state index in [1.165, 1.54) is 0 Å². The molecule has 0 aromatic rings. The van der Waals surface area contributed by atoms with E-state index in [9.17, 15) is 0 Å². The molecule has 0 atom stereocenters. The summed E-state index contributed by atoms with van der Waals surface area (Å²) in [5.74, 6) is 0. The molecule has 16 heavy (non-hydrogen) atoms. The second-order valence-electron chi connectivity index (χ2n) is 5.02.